The van der Waals surface area contributed by atoms with E-state index in [0.29, 0.717) is 0 Å². The van der Waals surface area contributed by atoms with Gasteiger partial charge in [0.1, 0.15) is 0 Å². The van der Waals surface area contributed by atoms with Gasteiger partial charge in [-0.2, -0.15) is 0 Å². The van der Waals surface area contributed by atoms with Crippen molar-refractivity contribution in [3.8, 4) is 22.4 Å². The van der Waals surface area contributed by atoms with Gasteiger partial charge >= 0.3 is 0 Å². The first-order valence-corrected chi connectivity index (χ1v) is 11.4. The maximum atomic E-state index is 11.3. The molecule has 0 radical (unpaired) electrons. The van der Waals surface area contributed by atoms with E-state index >= 15 is 0 Å². The normalized spacial score (nSPS) is 13.2. The van der Waals surface area contributed by atoms with Crippen LogP contribution in [0.3, 0.4) is 0 Å². The van der Waals surface area contributed by atoms with E-state index < -0.39 is 0 Å². The molecule has 1 aliphatic heterocycles. The first-order chi connectivity index (χ1) is 15.7. The maximum Gasteiger partial charge on any atom is 0.270 e. The predicted molar refractivity (Wildman–Crippen MR) is 140 cm³/mol. The Morgan fingerprint density at radius 2 is 1.73 bits per heavy atom. The summed E-state index contributed by atoms with van der Waals surface area (Å²) in [7, 11) is 0. The molecule has 0 bridgehead atoms. The third-order valence-corrected chi connectivity index (χ3v) is 6.31. The molecule has 0 fully saturated rings. The third-order valence-electron chi connectivity index (χ3n) is 5.32. The summed E-state index contributed by atoms with van der Waals surface area (Å²) in [5, 5.41) is 16.4. The van der Waals surface area contributed by atoms with Gasteiger partial charge < -0.3 is 5.32 Å². The lowest BCUT2D eigenvalue weighted by molar-refractivity contribution is -0.384. The van der Waals surface area contributed by atoms with Crippen molar-refractivity contribution >= 4 is 51.6 Å². The highest BCUT2D eigenvalue weighted by molar-refractivity contribution is 8.14. The molecule has 2 heterocycles. The Labute approximate surface area is 201 Å². The Hall–Kier alpha value is -3.42. The van der Waals surface area contributed by atoms with Gasteiger partial charge in [-0.05, 0) is 41.8 Å². The van der Waals surface area contributed by atoms with Gasteiger partial charge in [-0.3, -0.25) is 15.1 Å². The van der Waals surface area contributed by atoms with Gasteiger partial charge in [0.2, 0.25) is 0 Å². The average molecular weight is 477 g/mol. The lowest BCUT2D eigenvalue weighted by Gasteiger charge is -2.14. The van der Waals surface area contributed by atoms with Crippen LogP contribution in [0.15, 0.2) is 83.9 Å². The van der Waals surface area contributed by atoms with Gasteiger partial charge in [-0.15, -0.1) is 12.4 Å². The minimum absolute atomic E-state index is 0. The number of nitro groups is 1. The van der Waals surface area contributed by atoms with E-state index in [0.717, 1.165) is 62.9 Å². The van der Waals surface area contributed by atoms with Gasteiger partial charge in [-0.25, -0.2) is 4.98 Å². The molecular formula is C25H21ClN4O2S. The molecule has 1 aromatic heterocycles. The van der Waals surface area contributed by atoms with Crippen molar-refractivity contribution in [3.05, 3.63) is 89.0 Å². The van der Waals surface area contributed by atoms with Gasteiger partial charge in [0.05, 0.1) is 16.1 Å². The number of halogens is 1. The molecular weight excluding hydrogens is 456 g/mol. The van der Waals surface area contributed by atoms with Gasteiger partial charge in [0, 0.05) is 41.1 Å². The second-order valence-corrected chi connectivity index (χ2v) is 8.55. The van der Waals surface area contributed by atoms with Crippen molar-refractivity contribution in [2.75, 3.05) is 17.6 Å². The summed E-state index contributed by atoms with van der Waals surface area (Å²) in [6.45, 7) is 0.870. The van der Waals surface area contributed by atoms with E-state index in [9.17, 15) is 10.1 Å². The zero-order chi connectivity index (χ0) is 21.9. The minimum atomic E-state index is -0.372. The van der Waals surface area contributed by atoms with Crippen LogP contribution in [0.5, 0.6) is 0 Å². The zero-order valence-corrected chi connectivity index (χ0v) is 19.2. The number of aliphatic imine (C=N–C) groups is 1. The van der Waals surface area contributed by atoms with Crippen LogP contribution >= 0.6 is 24.2 Å². The number of hydrogen-bond donors (Lipinski definition) is 1. The Bertz CT molecular complexity index is 1330. The summed E-state index contributed by atoms with van der Waals surface area (Å²) in [4.78, 5) is 20.3. The zero-order valence-electron chi connectivity index (χ0n) is 17.6. The van der Waals surface area contributed by atoms with Crippen LogP contribution < -0.4 is 5.32 Å². The number of nitrogens with zero attached hydrogens (tertiary/aromatic N) is 3. The van der Waals surface area contributed by atoms with E-state index in [1.165, 1.54) is 6.07 Å². The van der Waals surface area contributed by atoms with Gasteiger partial charge in [0.15, 0.2) is 5.17 Å². The molecule has 1 N–H and O–H groups in total. The molecule has 6 nitrogen and oxygen atoms in total. The Balaban J connectivity index is 0.00000259. The monoisotopic (exact) mass is 476 g/mol. The largest absolute Gasteiger partial charge is 0.335 e. The Kier molecular flexibility index (Phi) is 6.91. The second kappa shape index (κ2) is 10.0. The molecule has 0 unspecified atom stereocenters. The molecule has 0 spiro atoms. The number of pyridine rings is 1. The van der Waals surface area contributed by atoms with Crippen LogP contribution in [0.2, 0.25) is 0 Å². The fourth-order valence-electron chi connectivity index (χ4n) is 3.71. The minimum Gasteiger partial charge on any atom is -0.335 e. The summed E-state index contributed by atoms with van der Waals surface area (Å²) in [6.07, 6.45) is 1.12. The number of aromatic nitrogens is 1. The van der Waals surface area contributed by atoms with E-state index in [-0.39, 0.29) is 23.0 Å². The van der Waals surface area contributed by atoms with Crippen molar-refractivity contribution in [2.45, 2.75) is 6.42 Å². The third kappa shape index (κ3) is 4.99. The van der Waals surface area contributed by atoms with E-state index in [1.807, 2.05) is 60.7 Å². The lowest BCUT2D eigenvalue weighted by atomic mass is 9.98. The van der Waals surface area contributed by atoms with E-state index in [4.69, 9.17) is 4.98 Å². The second-order valence-electron chi connectivity index (χ2n) is 7.47. The van der Waals surface area contributed by atoms with E-state index in [2.05, 4.69) is 10.3 Å². The molecule has 8 heteroatoms. The summed E-state index contributed by atoms with van der Waals surface area (Å²) in [6, 6.07) is 24.8. The smallest absolute Gasteiger partial charge is 0.270 e. The quantitative estimate of drug-likeness (QED) is 0.258. The van der Waals surface area contributed by atoms with Crippen LogP contribution in [0.1, 0.15) is 6.42 Å². The molecule has 0 saturated heterocycles. The van der Waals surface area contributed by atoms with Crippen molar-refractivity contribution in [1.82, 2.24) is 4.98 Å². The highest BCUT2D eigenvalue weighted by Gasteiger charge is 2.14. The number of non-ortho nitro benzene ring substituents is 1. The molecule has 5 rings (SSSR count). The number of hydrogen-bond acceptors (Lipinski definition) is 6. The topological polar surface area (TPSA) is 80.4 Å². The van der Waals surface area contributed by atoms with Gasteiger partial charge in [-0.1, -0.05) is 54.2 Å². The molecule has 33 heavy (non-hydrogen) atoms. The molecule has 1 aliphatic rings. The summed E-state index contributed by atoms with van der Waals surface area (Å²) in [5.74, 6) is 1.09. The summed E-state index contributed by atoms with van der Waals surface area (Å²) < 4.78 is 0. The van der Waals surface area contributed by atoms with Gasteiger partial charge in [0.25, 0.3) is 5.69 Å². The maximum absolute atomic E-state index is 11.3. The van der Waals surface area contributed by atoms with Crippen molar-refractivity contribution in [3.63, 3.8) is 0 Å². The highest BCUT2D eigenvalue weighted by atomic mass is 35.5. The van der Waals surface area contributed by atoms with Crippen molar-refractivity contribution in [1.29, 1.82) is 0 Å². The Morgan fingerprint density at radius 1 is 0.939 bits per heavy atom. The predicted octanol–water partition coefficient (Wildman–Crippen LogP) is 6.80. The molecule has 0 atom stereocenters. The molecule has 0 aliphatic carbocycles. The Morgan fingerprint density at radius 3 is 2.42 bits per heavy atom. The molecule has 0 saturated carbocycles. The molecule has 166 valence electrons. The van der Waals surface area contributed by atoms with Crippen LogP contribution in [0.4, 0.5) is 11.4 Å². The summed E-state index contributed by atoms with van der Waals surface area (Å²) in [5.41, 5.74) is 5.48. The fourth-order valence-corrected chi connectivity index (χ4v) is 4.55. The molecule has 4 aromatic rings. The van der Waals surface area contributed by atoms with E-state index in [1.54, 1.807) is 23.9 Å². The fraction of sp³-hybridized carbons (Fsp3) is 0.120. The van der Waals surface area contributed by atoms with Crippen LogP contribution in [0.25, 0.3) is 33.3 Å². The van der Waals surface area contributed by atoms with Crippen LogP contribution in [-0.4, -0.2) is 27.4 Å². The van der Waals surface area contributed by atoms with Crippen molar-refractivity contribution in [2.24, 2.45) is 4.99 Å². The standard InChI is InChI=1S/C25H20N4O2S.ClH/c30-29(31)20-11-12-23-22(15-20)21(17-5-2-1-3-6-17)16-24(28-23)18-7-9-19(10-8-18)27-25-26-13-4-14-32-25;/h1-3,5-12,15-16H,4,13-14H2,(H,26,27);1H. The number of thioether (sulfide) groups is 1. The summed E-state index contributed by atoms with van der Waals surface area (Å²) >= 11 is 1.74. The molecule has 3 aromatic carbocycles. The first-order valence-electron chi connectivity index (χ1n) is 10.4. The number of fused-ring (bicyclic) bond motifs is 1. The SMILES string of the molecule is Cl.O=[N+]([O-])c1ccc2nc(-c3ccc(NC4=NCCCS4)cc3)cc(-c3ccccc3)c2c1. The van der Waals surface area contributed by atoms with Crippen molar-refractivity contribution < 1.29 is 4.92 Å². The number of amidine groups is 1. The van der Waals surface area contributed by atoms with Crippen LogP contribution in [-0.2, 0) is 0 Å². The number of nitro benzene ring substituents is 1. The highest BCUT2D eigenvalue weighted by Crippen LogP contribution is 2.34. The van der Waals surface area contributed by atoms with Crippen LogP contribution in [0, 0.1) is 10.1 Å². The number of rotatable bonds is 4. The lowest BCUT2D eigenvalue weighted by Crippen LogP contribution is -2.13. The number of nitrogens with one attached hydrogen (secondary N) is 1. The number of anilines is 1. The first kappa shape index (κ1) is 22.8. The molecule has 0 amide bonds. The average Bonchev–Trinajstić information content (AvgIpc) is 2.84. The number of benzene rings is 3.